The number of anilines is 1. The number of nitrogens with one attached hydrogen (secondary N) is 1. The van der Waals surface area contributed by atoms with Crippen LogP contribution in [-0.2, 0) is 16.4 Å². The quantitative estimate of drug-likeness (QED) is 0.911. The van der Waals surface area contributed by atoms with Crippen LogP contribution in [0.15, 0.2) is 47.4 Å². The molecule has 0 bridgehead atoms. The van der Waals surface area contributed by atoms with Gasteiger partial charge < -0.3 is 4.74 Å². The van der Waals surface area contributed by atoms with Crippen molar-refractivity contribution in [3.63, 3.8) is 0 Å². The summed E-state index contributed by atoms with van der Waals surface area (Å²) in [5, 5.41) is 0.346. The van der Waals surface area contributed by atoms with Gasteiger partial charge in [-0.15, -0.1) is 0 Å². The number of methoxy groups -OCH3 is 1. The van der Waals surface area contributed by atoms with Gasteiger partial charge in [0.1, 0.15) is 5.75 Å². The van der Waals surface area contributed by atoms with E-state index in [1.807, 2.05) is 6.92 Å². The Bertz CT molecular complexity index is 727. The molecular formula is C15H16ClNO3S. The summed E-state index contributed by atoms with van der Waals surface area (Å²) in [6, 6.07) is 11.5. The van der Waals surface area contributed by atoms with Gasteiger partial charge in [0.05, 0.1) is 22.7 Å². The molecule has 6 heteroatoms. The second kappa shape index (κ2) is 6.37. The van der Waals surface area contributed by atoms with Crippen LogP contribution in [0.4, 0.5) is 5.69 Å². The maximum absolute atomic E-state index is 12.3. The molecule has 4 nitrogen and oxygen atoms in total. The minimum absolute atomic E-state index is 0.214. The molecule has 0 aliphatic carbocycles. The van der Waals surface area contributed by atoms with Gasteiger partial charge in [-0.1, -0.05) is 30.7 Å². The smallest absolute Gasteiger partial charge is 0.261 e. The molecule has 0 aliphatic heterocycles. The fraction of sp³-hybridized carbons (Fsp3) is 0.200. The highest BCUT2D eigenvalue weighted by molar-refractivity contribution is 7.92. The summed E-state index contributed by atoms with van der Waals surface area (Å²) in [5.41, 5.74) is 1.47. The van der Waals surface area contributed by atoms with Crippen LogP contribution in [0.5, 0.6) is 5.75 Å². The van der Waals surface area contributed by atoms with Crippen molar-refractivity contribution in [2.75, 3.05) is 11.8 Å². The van der Waals surface area contributed by atoms with Crippen LogP contribution in [0.2, 0.25) is 5.02 Å². The zero-order valence-corrected chi connectivity index (χ0v) is 13.3. The molecule has 0 aliphatic rings. The third-order valence-corrected chi connectivity index (χ3v) is 4.74. The van der Waals surface area contributed by atoms with E-state index in [4.69, 9.17) is 16.3 Å². The van der Waals surface area contributed by atoms with Crippen molar-refractivity contribution in [2.45, 2.75) is 18.2 Å². The number of hydrogen-bond donors (Lipinski definition) is 1. The van der Waals surface area contributed by atoms with E-state index in [1.54, 1.807) is 36.4 Å². The topological polar surface area (TPSA) is 55.4 Å². The van der Waals surface area contributed by atoms with E-state index in [9.17, 15) is 8.42 Å². The van der Waals surface area contributed by atoms with Crippen molar-refractivity contribution >= 4 is 27.3 Å². The number of sulfonamides is 1. The van der Waals surface area contributed by atoms with Gasteiger partial charge >= 0.3 is 0 Å². The van der Waals surface area contributed by atoms with Crippen LogP contribution < -0.4 is 9.46 Å². The number of ether oxygens (including phenoxy) is 1. The van der Waals surface area contributed by atoms with Crippen molar-refractivity contribution in [2.24, 2.45) is 0 Å². The molecular weight excluding hydrogens is 310 g/mol. The molecule has 112 valence electrons. The summed E-state index contributed by atoms with van der Waals surface area (Å²) < 4.78 is 32.1. The number of benzene rings is 2. The fourth-order valence-electron chi connectivity index (χ4n) is 1.85. The Kier molecular flexibility index (Phi) is 4.75. The first-order valence-corrected chi connectivity index (χ1v) is 8.27. The minimum Gasteiger partial charge on any atom is -0.495 e. The fourth-order valence-corrected chi connectivity index (χ4v) is 3.16. The Morgan fingerprint density at radius 3 is 2.33 bits per heavy atom. The summed E-state index contributed by atoms with van der Waals surface area (Å²) in [6.45, 7) is 2.01. The summed E-state index contributed by atoms with van der Waals surface area (Å²) in [6.07, 6.45) is 0.863. The van der Waals surface area contributed by atoms with Crippen molar-refractivity contribution in [3.8, 4) is 5.75 Å². The van der Waals surface area contributed by atoms with Crippen LogP contribution in [0.3, 0.4) is 0 Å². The summed E-state index contributed by atoms with van der Waals surface area (Å²) in [7, 11) is -2.12. The van der Waals surface area contributed by atoms with Gasteiger partial charge in [-0.05, 0) is 42.3 Å². The highest BCUT2D eigenvalue weighted by Crippen LogP contribution is 2.28. The first-order chi connectivity index (χ1) is 9.96. The van der Waals surface area contributed by atoms with Gasteiger partial charge in [-0.2, -0.15) is 0 Å². The molecule has 1 N–H and O–H groups in total. The molecule has 0 atom stereocenters. The number of aryl methyl sites for hydroxylation is 1. The number of hydrogen-bond acceptors (Lipinski definition) is 3. The first-order valence-electron chi connectivity index (χ1n) is 6.41. The molecule has 0 saturated carbocycles. The van der Waals surface area contributed by atoms with Crippen LogP contribution in [0.1, 0.15) is 12.5 Å². The highest BCUT2D eigenvalue weighted by atomic mass is 35.5. The monoisotopic (exact) mass is 325 g/mol. The van der Waals surface area contributed by atoms with E-state index in [0.717, 1.165) is 12.0 Å². The molecule has 21 heavy (non-hydrogen) atoms. The zero-order chi connectivity index (χ0) is 15.5. The van der Waals surface area contributed by atoms with Crippen LogP contribution in [0.25, 0.3) is 0 Å². The molecule has 2 aromatic rings. The third kappa shape index (κ3) is 3.68. The van der Waals surface area contributed by atoms with E-state index in [-0.39, 0.29) is 4.90 Å². The van der Waals surface area contributed by atoms with Gasteiger partial charge in [0.2, 0.25) is 0 Å². The average molecular weight is 326 g/mol. The maximum Gasteiger partial charge on any atom is 0.261 e. The SMILES string of the molecule is CCc1ccc(S(=O)(=O)Nc2ccc(OC)c(Cl)c2)cc1. The molecule has 2 rings (SSSR count). The summed E-state index contributed by atoms with van der Waals surface area (Å²) >= 11 is 5.98. The summed E-state index contributed by atoms with van der Waals surface area (Å²) in [5.74, 6) is 0.493. The Labute approximate surface area is 129 Å². The summed E-state index contributed by atoms with van der Waals surface area (Å²) in [4.78, 5) is 0.214. The molecule has 0 unspecified atom stereocenters. The second-order valence-corrected chi connectivity index (χ2v) is 6.54. The van der Waals surface area contributed by atoms with E-state index in [0.29, 0.717) is 16.5 Å². The molecule has 0 heterocycles. The molecule has 0 amide bonds. The predicted molar refractivity (Wildman–Crippen MR) is 84.6 cm³/mol. The molecule has 0 fully saturated rings. The maximum atomic E-state index is 12.3. The molecule has 0 radical (unpaired) electrons. The Morgan fingerprint density at radius 2 is 1.81 bits per heavy atom. The lowest BCUT2D eigenvalue weighted by molar-refractivity contribution is 0.415. The van der Waals surface area contributed by atoms with Gasteiger partial charge in [0.15, 0.2) is 0 Å². The van der Waals surface area contributed by atoms with Crippen LogP contribution in [0, 0.1) is 0 Å². The lowest BCUT2D eigenvalue weighted by Gasteiger charge is -2.10. The molecule has 0 saturated heterocycles. The molecule has 2 aromatic carbocycles. The van der Waals surface area contributed by atoms with Crippen molar-refractivity contribution in [1.82, 2.24) is 0 Å². The van der Waals surface area contributed by atoms with Gasteiger partial charge in [-0.25, -0.2) is 8.42 Å². The first kappa shape index (κ1) is 15.7. The predicted octanol–water partition coefficient (Wildman–Crippen LogP) is 3.71. The van der Waals surface area contributed by atoms with Crippen molar-refractivity contribution < 1.29 is 13.2 Å². The van der Waals surface area contributed by atoms with Crippen molar-refractivity contribution in [3.05, 3.63) is 53.1 Å². The molecule has 0 spiro atoms. The lowest BCUT2D eigenvalue weighted by Crippen LogP contribution is -2.12. The zero-order valence-electron chi connectivity index (χ0n) is 11.8. The van der Waals surface area contributed by atoms with Gasteiger partial charge in [-0.3, -0.25) is 4.72 Å². The second-order valence-electron chi connectivity index (χ2n) is 4.45. The van der Waals surface area contributed by atoms with Crippen molar-refractivity contribution in [1.29, 1.82) is 0 Å². The average Bonchev–Trinajstić information content (AvgIpc) is 2.47. The Morgan fingerprint density at radius 1 is 1.14 bits per heavy atom. The van der Waals surface area contributed by atoms with Gasteiger partial charge in [0, 0.05) is 0 Å². The number of halogens is 1. The van der Waals surface area contributed by atoms with E-state index in [1.165, 1.54) is 13.2 Å². The normalized spacial score (nSPS) is 11.2. The molecule has 0 aromatic heterocycles. The van der Waals surface area contributed by atoms with E-state index in [2.05, 4.69) is 4.72 Å². The van der Waals surface area contributed by atoms with E-state index < -0.39 is 10.0 Å². The highest BCUT2D eigenvalue weighted by Gasteiger charge is 2.14. The standard InChI is InChI=1S/C15H16ClNO3S/c1-3-11-4-7-13(8-5-11)21(18,19)17-12-6-9-15(20-2)14(16)10-12/h4-10,17H,3H2,1-2H3. The Hall–Kier alpha value is -1.72. The van der Waals surface area contributed by atoms with E-state index >= 15 is 0 Å². The third-order valence-electron chi connectivity index (χ3n) is 3.05. The largest absolute Gasteiger partial charge is 0.495 e. The lowest BCUT2D eigenvalue weighted by atomic mass is 10.2. The van der Waals surface area contributed by atoms with Crippen LogP contribution >= 0.6 is 11.6 Å². The Balaban J connectivity index is 2.26. The number of rotatable bonds is 5. The van der Waals surface area contributed by atoms with Crippen LogP contribution in [-0.4, -0.2) is 15.5 Å². The van der Waals surface area contributed by atoms with Gasteiger partial charge in [0.25, 0.3) is 10.0 Å². The minimum atomic E-state index is -3.62.